The smallest absolute Gasteiger partial charge is 0.250 e. The van der Waals surface area contributed by atoms with Gasteiger partial charge in [0, 0.05) is 24.7 Å². The summed E-state index contributed by atoms with van der Waals surface area (Å²) >= 11 is 0. The number of aromatic amines is 1. The third-order valence-corrected chi connectivity index (χ3v) is 6.40. The summed E-state index contributed by atoms with van der Waals surface area (Å²) in [5.74, 6) is 1.24. The molecule has 4 N–H and O–H groups in total. The molecular weight excluding hydrogens is 374 g/mol. The van der Waals surface area contributed by atoms with Crippen LogP contribution in [0.4, 0.5) is 0 Å². The topological polar surface area (TPSA) is 87.0 Å². The van der Waals surface area contributed by atoms with Crippen LogP contribution in [0.5, 0.6) is 0 Å². The Morgan fingerprint density at radius 1 is 1.13 bits per heavy atom. The summed E-state index contributed by atoms with van der Waals surface area (Å²) < 4.78 is 0. The molecule has 30 heavy (non-hydrogen) atoms. The lowest BCUT2D eigenvalue weighted by Crippen LogP contribution is -2.38. The number of aromatic nitrogens is 2. The minimum Gasteiger partial charge on any atom is -0.366 e. The number of nitrogens with two attached hydrogens (primary N) is 1. The molecule has 1 aliphatic heterocycles. The van der Waals surface area contributed by atoms with Gasteiger partial charge in [0.05, 0.1) is 11.1 Å². The van der Waals surface area contributed by atoms with Crippen LogP contribution in [0.25, 0.3) is 22.4 Å². The molecule has 1 saturated heterocycles. The van der Waals surface area contributed by atoms with Gasteiger partial charge >= 0.3 is 0 Å². The lowest BCUT2D eigenvalue weighted by Gasteiger charge is -2.25. The molecule has 1 atom stereocenters. The molecule has 6 heteroatoms. The van der Waals surface area contributed by atoms with E-state index < -0.39 is 5.91 Å². The van der Waals surface area contributed by atoms with Gasteiger partial charge in [-0.2, -0.15) is 0 Å². The highest BCUT2D eigenvalue weighted by molar-refractivity contribution is 6.04. The van der Waals surface area contributed by atoms with Crippen LogP contribution in [0.3, 0.4) is 0 Å². The van der Waals surface area contributed by atoms with E-state index in [-0.39, 0.29) is 0 Å². The number of imidazole rings is 1. The quantitative estimate of drug-likeness (QED) is 0.539. The Hall–Kier alpha value is -2.70. The molecule has 3 aromatic rings. The van der Waals surface area contributed by atoms with Gasteiger partial charge in [0.2, 0.25) is 0 Å². The van der Waals surface area contributed by atoms with E-state index in [0.29, 0.717) is 17.1 Å². The predicted octanol–water partition coefficient (Wildman–Crippen LogP) is 3.29. The number of hydrogen-bond acceptors (Lipinski definition) is 4. The van der Waals surface area contributed by atoms with Crippen molar-refractivity contribution in [3.05, 3.63) is 53.6 Å². The number of hydrogen-bond donors (Lipinski definition) is 3. The molecule has 1 saturated carbocycles. The van der Waals surface area contributed by atoms with Gasteiger partial charge in [0.1, 0.15) is 11.3 Å². The number of carbonyl (C=O) groups is 1. The first-order valence-electron chi connectivity index (χ1n) is 11.0. The number of primary amides is 1. The van der Waals surface area contributed by atoms with E-state index in [1.165, 1.54) is 44.3 Å². The van der Waals surface area contributed by atoms with Crippen molar-refractivity contribution >= 4 is 16.9 Å². The number of likely N-dealkylation sites (tertiary alicyclic amines) is 1. The second-order valence-electron chi connectivity index (χ2n) is 8.72. The van der Waals surface area contributed by atoms with Gasteiger partial charge in [-0.1, -0.05) is 30.3 Å². The summed E-state index contributed by atoms with van der Waals surface area (Å²) in [5, 5.41) is 3.67. The lowest BCUT2D eigenvalue weighted by molar-refractivity contribution is 0.100. The maximum atomic E-state index is 11.7. The molecule has 1 aliphatic carbocycles. The molecule has 0 bridgehead atoms. The van der Waals surface area contributed by atoms with Crippen LogP contribution in [0.15, 0.2) is 42.5 Å². The monoisotopic (exact) mass is 403 g/mol. The Morgan fingerprint density at radius 2 is 1.97 bits per heavy atom. The number of H-pyrrole nitrogens is 1. The summed E-state index contributed by atoms with van der Waals surface area (Å²) in [6, 6.07) is 14.7. The third kappa shape index (κ3) is 4.11. The molecular formula is C24H29N5O. The van der Waals surface area contributed by atoms with Crippen molar-refractivity contribution in [3.63, 3.8) is 0 Å². The average Bonchev–Trinajstić information content (AvgIpc) is 3.29. The highest BCUT2D eigenvalue weighted by atomic mass is 16.1. The normalized spacial score (nSPS) is 19.5. The van der Waals surface area contributed by atoms with E-state index in [9.17, 15) is 4.79 Å². The van der Waals surface area contributed by atoms with Crippen molar-refractivity contribution in [1.29, 1.82) is 0 Å². The van der Waals surface area contributed by atoms with E-state index in [1.54, 1.807) is 6.07 Å². The van der Waals surface area contributed by atoms with E-state index in [4.69, 9.17) is 5.73 Å². The fourth-order valence-corrected chi connectivity index (χ4v) is 4.48. The molecule has 2 heterocycles. The zero-order chi connectivity index (χ0) is 20.5. The first kappa shape index (κ1) is 19.3. The highest BCUT2D eigenvalue weighted by Gasteiger charge is 2.26. The van der Waals surface area contributed by atoms with Crippen molar-refractivity contribution in [2.45, 2.75) is 38.3 Å². The summed E-state index contributed by atoms with van der Waals surface area (Å²) in [5.41, 5.74) is 9.71. The second-order valence-corrected chi connectivity index (χ2v) is 8.72. The van der Waals surface area contributed by atoms with Crippen LogP contribution < -0.4 is 11.1 Å². The number of amides is 1. The van der Waals surface area contributed by atoms with E-state index >= 15 is 0 Å². The van der Waals surface area contributed by atoms with Crippen LogP contribution >= 0.6 is 0 Å². The van der Waals surface area contributed by atoms with E-state index in [2.05, 4.69) is 44.5 Å². The molecule has 1 amide bonds. The SMILES string of the molecule is NC(=O)c1cccc2[nH]c(-c3ccc(CN4CCCC4CNCC4CC4)cc3)nc12. The van der Waals surface area contributed by atoms with Crippen LogP contribution in [-0.2, 0) is 6.54 Å². The maximum Gasteiger partial charge on any atom is 0.250 e. The third-order valence-electron chi connectivity index (χ3n) is 6.40. The van der Waals surface area contributed by atoms with E-state index in [1.807, 2.05) is 12.1 Å². The second kappa shape index (κ2) is 8.20. The van der Waals surface area contributed by atoms with Crippen molar-refractivity contribution in [3.8, 4) is 11.4 Å². The zero-order valence-corrected chi connectivity index (χ0v) is 17.2. The molecule has 2 aromatic carbocycles. The van der Waals surface area contributed by atoms with Crippen LogP contribution in [0.2, 0.25) is 0 Å². The largest absolute Gasteiger partial charge is 0.366 e. The lowest BCUT2D eigenvalue weighted by atomic mass is 10.1. The molecule has 1 aromatic heterocycles. The number of carbonyl (C=O) groups excluding carboxylic acids is 1. The van der Waals surface area contributed by atoms with Gasteiger partial charge in [-0.3, -0.25) is 9.69 Å². The Balaban J connectivity index is 1.26. The Bertz CT molecular complexity index is 1040. The van der Waals surface area contributed by atoms with Gasteiger partial charge in [0.15, 0.2) is 0 Å². The Morgan fingerprint density at radius 3 is 2.73 bits per heavy atom. The average molecular weight is 404 g/mol. The Labute approximate surface area is 176 Å². The number of rotatable bonds is 8. The number of benzene rings is 2. The summed E-state index contributed by atoms with van der Waals surface area (Å²) in [6.45, 7) is 4.46. The number of para-hydroxylation sites is 1. The fourth-order valence-electron chi connectivity index (χ4n) is 4.48. The van der Waals surface area contributed by atoms with Crippen LogP contribution in [-0.4, -0.2) is 46.5 Å². The maximum absolute atomic E-state index is 11.7. The number of nitrogens with one attached hydrogen (secondary N) is 2. The predicted molar refractivity (Wildman–Crippen MR) is 119 cm³/mol. The van der Waals surface area contributed by atoms with Crippen molar-refractivity contribution in [2.75, 3.05) is 19.6 Å². The van der Waals surface area contributed by atoms with Crippen molar-refractivity contribution < 1.29 is 4.79 Å². The van der Waals surface area contributed by atoms with E-state index in [0.717, 1.165) is 35.9 Å². The minimum atomic E-state index is -0.458. The summed E-state index contributed by atoms with van der Waals surface area (Å²) in [7, 11) is 0. The zero-order valence-electron chi connectivity index (χ0n) is 17.2. The van der Waals surface area contributed by atoms with Crippen LogP contribution in [0.1, 0.15) is 41.6 Å². The summed E-state index contributed by atoms with van der Waals surface area (Å²) in [6.07, 6.45) is 5.39. The standard InChI is InChI=1S/C24H29N5O/c25-23(30)20-4-1-5-21-22(20)28-24(27-21)18-10-8-17(9-11-18)15-29-12-2-3-19(29)14-26-13-16-6-7-16/h1,4-5,8-11,16,19,26H,2-3,6-7,12-15H2,(H2,25,30)(H,27,28). The molecule has 5 rings (SSSR count). The number of nitrogens with zero attached hydrogens (tertiary/aromatic N) is 2. The fraction of sp³-hybridized carbons (Fsp3) is 0.417. The first-order chi connectivity index (χ1) is 14.7. The van der Waals surface area contributed by atoms with Gasteiger partial charge in [-0.05, 0) is 62.4 Å². The molecule has 2 aliphatic rings. The molecule has 6 nitrogen and oxygen atoms in total. The van der Waals surface area contributed by atoms with Gasteiger partial charge in [0.25, 0.3) is 5.91 Å². The van der Waals surface area contributed by atoms with Gasteiger partial charge < -0.3 is 16.0 Å². The summed E-state index contributed by atoms with van der Waals surface area (Å²) in [4.78, 5) is 22.2. The van der Waals surface area contributed by atoms with Gasteiger partial charge in [-0.15, -0.1) is 0 Å². The molecule has 2 fully saturated rings. The van der Waals surface area contributed by atoms with Crippen molar-refractivity contribution in [2.24, 2.45) is 11.7 Å². The van der Waals surface area contributed by atoms with Crippen LogP contribution in [0, 0.1) is 5.92 Å². The van der Waals surface area contributed by atoms with Crippen molar-refractivity contribution in [1.82, 2.24) is 20.2 Å². The molecule has 0 radical (unpaired) electrons. The molecule has 1 unspecified atom stereocenters. The molecule has 156 valence electrons. The number of fused-ring (bicyclic) bond motifs is 1. The minimum absolute atomic E-state index is 0.446. The first-order valence-corrected chi connectivity index (χ1v) is 11.0. The molecule has 0 spiro atoms. The Kier molecular flexibility index (Phi) is 5.27. The van der Waals surface area contributed by atoms with Gasteiger partial charge in [-0.25, -0.2) is 4.98 Å². The highest BCUT2D eigenvalue weighted by Crippen LogP contribution is 2.28.